The molecule has 0 fully saturated rings. The second kappa shape index (κ2) is 9.21. The van der Waals surface area contributed by atoms with Crippen molar-refractivity contribution in [3.8, 4) is 0 Å². The smallest absolute Gasteiger partial charge is 0.264 e. The minimum absolute atomic E-state index is 0. The fourth-order valence-corrected chi connectivity index (χ4v) is 1.63. The van der Waals surface area contributed by atoms with Gasteiger partial charge in [-0.1, -0.05) is 39.0 Å². The molecule has 3 nitrogen and oxygen atoms in total. The standard InChI is InChI=1S/C8H18O3S.Ag/c1-2-3-4-5-6-7-8-12(9,10)11;/h2-8H2,1H3,(H,9,10,11);. The van der Waals surface area contributed by atoms with E-state index in [0.29, 0.717) is 6.42 Å². The van der Waals surface area contributed by atoms with Crippen LogP contribution < -0.4 is 0 Å². The van der Waals surface area contributed by atoms with Crippen molar-refractivity contribution >= 4 is 10.1 Å². The third kappa shape index (κ3) is 15.4. The first-order valence-corrected chi connectivity index (χ1v) is 6.12. The summed E-state index contributed by atoms with van der Waals surface area (Å²) in [6.07, 6.45) is 6.14. The summed E-state index contributed by atoms with van der Waals surface area (Å²) in [5.74, 6) is -0.0842. The molecule has 0 amide bonds. The maximum atomic E-state index is 10.3. The first-order valence-electron chi connectivity index (χ1n) is 4.51. The Balaban J connectivity index is 0. The molecule has 0 saturated heterocycles. The van der Waals surface area contributed by atoms with Gasteiger partial charge in [-0.25, -0.2) is 0 Å². The van der Waals surface area contributed by atoms with Gasteiger partial charge in [0, 0.05) is 22.4 Å². The Morgan fingerprint density at radius 3 is 1.92 bits per heavy atom. The molecule has 0 aromatic heterocycles. The van der Waals surface area contributed by atoms with Crippen LogP contribution in [0, 0.1) is 0 Å². The van der Waals surface area contributed by atoms with E-state index < -0.39 is 10.1 Å². The molecule has 0 atom stereocenters. The van der Waals surface area contributed by atoms with E-state index in [-0.39, 0.29) is 28.1 Å². The molecule has 0 aromatic rings. The van der Waals surface area contributed by atoms with Crippen LogP contribution in [0.4, 0.5) is 0 Å². The van der Waals surface area contributed by atoms with Gasteiger partial charge in [-0.05, 0) is 6.42 Å². The molecule has 0 bridgehead atoms. The molecule has 1 N–H and O–H groups in total. The molecule has 13 heavy (non-hydrogen) atoms. The number of unbranched alkanes of at least 4 members (excludes halogenated alkanes) is 5. The molecule has 0 aromatic carbocycles. The third-order valence-electron chi connectivity index (χ3n) is 1.76. The van der Waals surface area contributed by atoms with Crippen LogP contribution in [-0.4, -0.2) is 18.7 Å². The summed E-state index contributed by atoms with van der Waals surface area (Å²) in [6.45, 7) is 2.14. The molecular weight excluding hydrogens is 284 g/mol. The molecule has 0 spiro atoms. The maximum Gasteiger partial charge on any atom is 0.264 e. The second-order valence-electron chi connectivity index (χ2n) is 3.05. The number of hydrogen-bond donors (Lipinski definition) is 1. The summed E-state index contributed by atoms with van der Waals surface area (Å²) in [5.41, 5.74) is 0. The molecule has 85 valence electrons. The molecule has 0 aliphatic rings. The van der Waals surface area contributed by atoms with Crippen molar-refractivity contribution in [3.05, 3.63) is 0 Å². The molecule has 1 radical (unpaired) electrons. The van der Waals surface area contributed by atoms with Crippen molar-refractivity contribution in [2.75, 3.05) is 5.75 Å². The SMILES string of the molecule is CCCCCCCCS(=O)(=O)O.[Ag]. The van der Waals surface area contributed by atoms with E-state index >= 15 is 0 Å². The van der Waals surface area contributed by atoms with E-state index in [0.717, 1.165) is 12.8 Å². The van der Waals surface area contributed by atoms with Gasteiger partial charge in [0.2, 0.25) is 0 Å². The Hall–Kier alpha value is 0.650. The zero-order valence-corrected chi connectivity index (χ0v) is 10.2. The topological polar surface area (TPSA) is 54.4 Å². The average molecular weight is 302 g/mol. The van der Waals surface area contributed by atoms with E-state index in [2.05, 4.69) is 6.92 Å². The average Bonchev–Trinajstić information content (AvgIpc) is 1.94. The zero-order valence-electron chi connectivity index (χ0n) is 7.92. The monoisotopic (exact) mass is 301 g/mol. The van der Waals surface area contributed by atoms with Crippen LogP contribution in [0.25, 0.3) is 0 Å². The summed E-state index contributed by atoms with van der Waals surface area (Å²) in [4.78, 5) is 0. The third-order valence-corrected chi connectivity index (χ3v) is 2.56. The van der Waals surface area contributed by atoms with E-state index in [4.69, 9.17) is 4.55 Å². The van der Waals surface area contributed by atoms with Crippen molar-refractivity contribution < 1.29 is 35.4 Å². The molecule has 0 saturated carbocycles. The van der Waals surface area contributed by atoms with Crippen LogP contribution in [0.2, 0.25) is 0 Å². The molecule has 0 aliphatic carbocycles. The first-order chi connectivity index (χ1) is 5.56. The van der Waals surface area contributed by atoms with Crippen LogP contribution in [-0.2, 0) is 32.5 Å². The number of rotatable bonds is 7. The Labute approximate surface area is 96.6 Å². The van der Waals surface area contributed by atoms with E-state index in [1.165, 1.54) is 19.3 Å². The molecule has 0 heterocycles. The van der Waals surface area contributed by atoms with Gasteiger partial charge in [-0.15, -0.1) is 0 Å². The normalized spacial score (nSPS) is 10.9. The Morgan fingerprint density at radius 2 is 1.46 bits per heavy atom. The van der Waals surface area contributed by atoms with Crippen molar-refractivity contribution in [2.24, 2.45) is 0 Å². The summed E-state index contributed by atoms with van der Waals surface area (Å²) in [6, 6.07) is 0. The predicted octanol–water partition coefficient (Wildman–Crippen LogP) is 2.23. The van der Waals surface area contributed by atoms with Crippen molar-refractivity contribution in [3.63, 3.8) is 0 Å². The molecule has 0 rings (SSSR count). The summed E-state index contributed by atoms with van der Waals surface area (Å²) in [7, 11) is -3.72. The van der Waals surface area contributed by atoms with Crippen LogP contribution >= 0.6 is 0 Å². The van der Waals surface area contributed by atoms with Crippen molar-refractivity contribution in [1.29, 1.82) is 0 Å². The van der Waals surface area contributed by atoms with E-state index in [1.54, 1.807) is 0 Å². The van der Waals surface area contributed by atoms with E-state index in [9.17, 15) is 8.42 Å². The van der Waals surface area contributed by atoms with Gasteiger partial charge in [0.25, 0.3) is 10.1 Å². The minimum Gasteiger partial charge on any atom is -0.286 e. The largest absolute Gasteiger partial charge is 0.286 e. The summed E-state index contributed by atoms with van der Waals surface area (Å²) < 4.78 is 28.9. The van der Waals surface area contributed by atoms with Crippen molar-refractivity contribution in [1.82, 2.24) is 0 Å². The zero-order chi connectivity index (χ0) is 9.45. The molecule has 0 aliphatic heterocycles. The Bertz CT molecular complexity index is 190. The summed E-state index contributed by atoms with van der Waals surface area (Å²) in [5, 5.41) is 0. The quantitative estimate of drug-likeness (QED) is 0.446. The Morgan fingerprint density at radius 1 is 1.00 bits per heavy atom. The fraction of sp³-hybridized carbons (Fsp3) is 1.00. The van der Waals surface area contributed by atoms with Crippen LogP contribution in [0.5, 0.6) is 0 Å². The maximum absolute atomic E-state index is 10.3. The van der Waals surface area contributed by atoms with Crippen LogP contribution in [0.3, 0.4) is 0 Å². The predicted molar refractivity (Wildman–Crippen MR) is 49.8 cm³/mol. The van der Waals surface area contributed by atoms with E-state index in [1.807, 2.05) is 0 Å². The van der Waals surface area contributed by atoms with Crippen LogP contribution in [0.1, 0.15) is 45.4 Å². The summed E-state index contributed by atoms with van der Waals surface area (Å²) >= 11 is 0. The van der Waals surface area contributed by atoms with Gasteiger partial charge in [0.05, 0.1) is 5.75 Å². The second-order valence-corrected chi connectivity index (χ2v) is 4.63. The van der Waals surface area contributed by atoms with Gasteiger partial charge in [-0.3, -0.25) is 4.55 Å². The number of hydrogen-bond acceptors (Lipinski definition) is 2. The molecular formula is C8H18AgO3S. The van der Waals surface area contributed by atoms with Gasteiger partial charge in [0.15, 0.2) is 0 Å². The van der Waals surface area contributed by atoms with Gasteiger partial charge in [-0.2, -0.15) is 8.42 Å². The van der Waals surface area contributed by atoms with Crippen molar-refractivity contribution in [2.45, 2.75) is 45.4 Å². The van der Waals surface area contributed by atoms with Gasteiger partial charge < -0.3 is 0 Å². The fourth-order valence-electron chi connectivity index (χ4n) is 1.06. The Kier molecular flexibility index (Phi) is 11.4. The van der Waals surface area contributed by atoms with Gasteiger partial charge >= 0.3 is 0 Å². The molecule has 5 heteroatoms. The minimum atomic E-state index is -3.72. The van der Waals surface area contributed by atoms with Crippen LogP contribution in [0.15, 0.2) is 0 Å². The van der Waals surface area contributed by atoms with Gasteiger partial charge in [0.1, 0.15) is 0 Å². The molecule has 0 unspecified atom stereocenters. The first kappa shape index (κ1) is 16.1.